The van der Waals surface area contributed by atoms with Crippen molar-refractivity contribution in [2.45, 2.75) is 78.4 Å². The van der Waals surface area contributed by atoms with Crippen LogP contribution >= 0.6 is 27.5 Å². The first-order valence-electron chi connectivity index (χ1n) is 11.7. The molecule has 0 spiro atoms. The molecule has 2 amide bonds. The second kappa shape index (κ2) is 12.6. The lowest BCUT2D eigenvalue weighted by Gasteiger charge is -2.31. The maximum Gasteiger partial charge on any atom is 0.261 e. The molecule has 2 aromatic carbocycles. The maximum absolute atomic E-state index is 13.4. The number of carbonyl (C=O) groups is 2. The molecule has 186 valence electrons. The van der Waals surface area contributed by atoms with Crippen LogP contribution in [-0.2, 0) is 21.5 Å². The normalized spacial score (nSPS) is 13.2. The van der Waals surface area contributed by atoms with E-state index in [4.69, 9.17) is 16.3 Å². The van der Waals surface area contributed by atoms with Gasteiger partial charge < -0.3 is 15.0 Å². The van der Waals surface area contributed by atoms with Crippen LogP contribution < -0.4 is 10.1 Å². The Labute approximate surface area is 217 Å². The fraction of sp³-hybridized carbons (Fsp3) is 0.481. The average Bonchev–Trinajstić information content (AvgIpc) is 2.78. The quantitative estimate of drug-likeness (QED) is 0.367. The Kier molecular flexibility index (Phi) is 10.4. The number of halogens is 2. The van der Waals surface area contributed by atoms with E-state index in [1.165, 1.54) is 0 Å². The van der Waals surface area contributed by atoms with Gasteiger partial charge in [0.25, 0.3) is 5.91 Å². The summed E-state index contributed by atoms with van der Waals surface area (Å²) in [5, 5.41) is 3.63. The molecule has 7 heteroatoms. The Balaban J connectivity index is 2.24. The van der Waals surface area contributed by atoms with Crippen LogP contribution in [-0.4, -0.2) is 35.4 Å². The highest BCUT2D eigenvalue weighted by Gasteiger charge is 2.29. The van der Waals surface area contributed by atoms with E-state index >= 15 is 0 Å². The molecule has 0 unspecified atom stereocenters. The SMILES string of the molecule is CC[C@H](C(=O)N[C@@H](C)CC)N(Cc1ccc(Cl)cc1)C(=O)COc1ccc(C(C)(C)C)cc1Br. The third kappa shape index (κ3) is 8.02. The van der Waals surface area contributed by atoms with E-state index in [-0.39, 0.29) is 36.4 Å². The van der Waals surface area contributed by atoms with E-state index in [1.807, 2.05) is 51.1 Å². The van der Waals surface area contributed by atoms with Gasteiger partial charge in [-0.05, 0) is 76.5 Å². The first-order chi connectivity index (χ1) is 16.0. The van der Waals surface area contributed by atoms with Gasteiger partial charge in [0, 0.05) is 17.6 Å². The lowest BCUT2D eigenvalue weighted by Crippen LogP contribution is -2.51. The van der Waals surface area contributed by atoms with Crippen molar-refractivity contribution in [2.24, 2.45) is 0 Å². The van der Waals surface area contributed by atoms with Crippen LogP contribution in [0.25, 0.3) is 0 Å². The number of carbonyl (C=O) groups excluding carboxylic acids is 2. The van der Waals surface area contributed by atoms with Gasteiger partial charge in [-0.2, -0.15) is 0 Å². The minimum atomic E-state index is -0.604. The van der Waals surface area contributed by atoms with E-state index in [1.54, 1.807) is 17.0 Å². The molecule has 0 saturated carbocycles. The molecule has 0 saturated heterocycles. The Hall–Kier alpha value is -2.05. The van der Waals surface area contributed by atoms with Crippen LogP contribution in [0.4, 0.5) is 0 Å². The molecule has 0 heterocycles. The monoisotopic (exact) mass is 550 g/mol. The molecule has 34 heavy (non-hydrogen) atoms. The van der Waals surface area contributed by atoms with Crippen molar-refractivity contribution in [1.82, 2.24) is 10.2 Å². The number of hydrogen-bond donors (Lipinski definition) is 1. The number of nitrogens with one attached hydrogen (secondary N) is 1. The first-order valence-corrected chi connectivity index (χ1v) is 12.9. The standard InChI is InChI=1S/C27H36BrClN2O3/c1-7-18(3)30-26(33)23(8-2)31(16-19-9-12-21(29)13-10-19)25(32)17-34-24-14-11-20(15-22(24)28)27(4,5)6/h9-15,18,23H,7-8,16-17H2,1-6H3,(H,30,33)/t18-,23+/m0/s1. The molecular weight excluding hydrogens is 516 g/mol. The highest BCUT2D eigenvalue weighted by atomic mass is 79.9. The fourth-order valence-electron chi connectivity index (χ4n) is 3.45. The molecule has 0 bridgehead atoms. The smallest absolute Gasteiger partial charge is 0.261 e. The summed E-state index contributed by atoms with van der Waals surface area (Å²) in [6.07, 6.45) is 1.31. The highest BCUT2D eigenvalue weighted by molar-refractivity contribution is 9.10. The molecule has 0 aliphatic heterocycles. The highest BCUT2D eigenvalue weighted by Crippen LogP contribution is 2.31. The van der Waals surface area contributed by atoms with Crippen LogP contribution in [0.1, 0.15) is 65.5 Å². The first kappa shape index (κ1) is 28.2. The van der Waals surface area contributed by atoms with Gasteiger partial charge in [0.2, 0.25) is 5.91 Å². The van der Waals surface area contributed by atoms with Crippen molar-refractivity contribution >= 4 is 39.3 Å². The molecule has 2 atom stereocenters. The van der Waals surface area contributed by atoms with Crippen LogP contribution in [0.15, 0.2) is 46.9 Å². The van der Waals surface area contributed by atoms with Gasteiger partial charge in [-0.3, -0.25) is 9.59 Å². The summed E-state index contributed by atoms with van der Waals surface area (Å²) in [7, 11) is 0. The minimum Gasteiger partial charge on any atom is -0.483 e. The lowest BCUT2D eigenvalue weighted by atomic mass is 9.87. The van der Waals surface area contributed by atoms with E-state index in [2.05, 4.69) is 42.0 Å². The Bertz CT molecular complexity index is 973. The van der Waals surface area contributed by atoms with E-state index < -0.39 is 6.04 Å². The van der Waals surface area contributed by atoms with Crippen molar-refractivity contribution in [3.63, 3.8) is 0 Å². The van der Waals surface area contributed by atoms with Crippen LogP contribution in [0.5, 0.6) is 5.75 Å². The lowest BCUT2D eigenvalue weighted by molar-refractivity contribution is -0.143. The number of benzene rings is 2. The Morgan fingerprint density at radius 1 is 1.09 bits per heavy atom. The van der Waals surface area contributed by atoms with Crippen molar-refractivity contribution in [3.8, 4) is 5.75 Å². The summed E-state index contributed by atoms with van der Waals surface area (Å²) >= 11 is 9.59. The minimum absolute atomic E-state index is 0.00356. The molecule has 5 nitrogen and oxygen atoms in total. The van der Waals surface area contributed by atoms with Gasteiger partial charge >= 0.3 is 0 Å². The van der Waals surface area contributed by atoms with E-state index in [9.17, 15) is 9.59 Å². The zero-order valence-corrected chi connectivity index (χ0v) is 23.3. The Morgan fingerprint density at radius 3 is 2.26 bits per heavy atom. The van der Waals surface area contributed by atoms with Crippen molar-refractivity contribution in [3.05, 3.63) is 63.1 Å². The maximum atomic E-state index is 13.4. The molecule has 0 fully saturated rings. The molecule has 0 aliphatic carbocycles. The molecule has 0 aliphatic rings. The third-order valence-electron chi connectivity index (χ3n) is 5.80. The average molecular weight is 552 g/mol. The summed E-state index contributed by atoms with van der Waals surface area (Å²) in [6, 6.07) is 12.6. The largest absolute Gasteiger partial charge is 0.483 e. The van der Waals surface area contributed by atoms with Gasteiger partial charge in [0.05, 0.1) is 4.47 Å². The summed E-state index contributed by atoms with van der Waals surface area (Å²) in [6.45, 7) is 12.4. The number of rotatable bonds is 10. The predicted molar refractivity (Wildman–Crippen MR) is 142 cm³/mol. The number of ether oxygens (including phenoxy) is 1. The molecule has 1 N–H and O–H groups in total. The summed E-state index contributed by atoms with van der Waals surface area (Å²) in [5.41, 5.74) is 2.06. The summed E-state index contributed by atoms with van der Waals surface area (Å²) in [4.78, 5) is 28.0. The summed E-state index contributed by atoms with van der Waals surface area (Å²) in [5.74, 6) is 0.174. The zero-order chi connectivity index (χ0) is 25.5. The predicted octanol–water partition coefficient (Wildman–Crippen LogP) is 6.50. The molecular formula is C27H36BrClN2O3. The van der Waals surface area contributed by atoms with Crippen molar-refractivity contribution < 1.29 is 14.3 Å². The molecule has 2 rings (SSSR count). The van der Waals surface area contributed by atoms with E-state index in [0.29, 0.717) is 17.2 Å². The Morgan fingerprint density at radius 2 is 1.74 bits per heavy atom. The van der Waals surface area contributed by atoms with Crippen molar-refractivity contribution in [2.75, 3.05) is 6.61 Å². The van der Waals surface area contributed by atoms with Gasteiger partial charge in [0.1, 0.15) is 11.8 Å². The molecule has 0 aromatic heterocycles. The molecule has 0 radical (unpaired) electrons. The van der Waals surface area contributed by atoms with Gasteiger partial charge in [-0.15, -0.1) is 0 Å². The van der Waals surface area contributed by atoms with Gasteiger partial charge in [-0.25, -0.2) is 0 Å². The second-order valence-electron chi connectivity index (χ2n) is 9.57. The number of amides is 2. The zero-order valence-electron chi connectivity index (χ0n) is 21.0. The van der Waals surface area contributed by atoms with Crippen LogP contribution in [0.3, 0.4) is 0 Å². The van der Waals surface area contributed by atoms with Crippen LogP contribution in [0, 0.1) is 0 Å². The van der Waals surface area contributed by atoms with Gasteiger partial charge in [-0.1, -0.05) is 64.4 Å². The third-order valence-corrected chi connectivity index (χ3v) is 6.67. The fourth-order valence-corrected chi connectivity index (χ4v) is 4.07. The summed E-state index contributed by atoms with van der Waals surface area (Å²) < 4.78 is 6.68. The number of hydrogen-bond acceptors (Lipinski definition) is 3. The second-order valence-corrected chi connectivity index (χ2v) is 10.9. The topological polar surface area (TPSA) is 58.6 Å². The van der Waals surface area contributed by atoms with Crippen molar-refractivity contribution in [1.29, 1.82) is 0 Å². The number of nitrogens with zero attached hydrogens (tertiary/aromatic N) is 1. The van der Waals surface area contributed by atoms with Gasteiger partial charge in [0.15, 0.2) is 6.61 Å². The molecule has 2 aromatic rings. The van der Waals surface area contributed by atoms with E-state index in [0.717, 1.165) is 22.0 Å². The van der Waals surface area contributed by atoms with Crippen LogP contribution in [0.2, 0.25) is 5.02 Å².